The van der Waals surface area contributed by atoms with E-state index in [-0.39, 0.29) is 56.5 Å². The van der Waals surface area contributed by atoms with Gasteiger partial charge in [0.15, 0.2) is 6.73 Å². The van der Waals surface area contributed by atoms with Crippen LogP contribution in [0.2, 0.25) is 5.02 Å². The van der Waals surface area contributed by atoms with Gasteiger partial charge < -0.3 is 4.74 Å². The van der Waals surface area contributed by atoms with Crippen LogP contribution in [0, 0.1) is 0 Å². The quantitative estimate of drug-likeness (QED) is 0.435. The third-order valence-corrected chi connectivity index (χ3v) is 6.12. The molecule has 0 aliphatic carbocycles. The third-order valence-electron chi connectivity index (χ3n) is 5.75. The smallest absolute Gasteiger partial charge is 0.312 e. The Labute approximate surface area is 190 Å². The summed E-state index contributed by atoms with van der Waals surface area (Å²) in [5, 5.41) is 2.68. The van der Waals surface area contributed by atoms with Gasteiger partial charge in [-0.15, -0.1) is 0 Å². The van der Waals surface area contributed by atoms with E-state index in [1.165, 1.54) is 0 Å². The predicted octanol–water partition coefficient (Wildman–Crippen LogP) is -0.211. The van der Waals surface area contributed by atoms with Crippen LogP contribution in [0.1, 0.15) is 19.4 Å². The van der Waals surface area contributed by atoms with Crippen molar-refractivity contribution in [3.63, 3.8) is 0 Å². The number of carbonyl (C=O) groups is 5. The SMILES string of the molecule is CC(C(C)N1CC(=O)N(COC(=O)Cc2ccccc2Cl)C(=O)C1)N1CC(=O)NC(=O)C1. The number of ether oxygens (including phenoxy) is 1. The number of rotatable bonds is 7. The molecule has 2 aliphatic heterocycles. The molecule has 2 fully saturated rings. The molecule has 0 aromatic heterocycles. The fourth-order valence-electron chi connectivity index (χ4n) is 3.69. The number of carbonyl (C=O) groups excluding carboxylic acids is 5. The van der Waals surface area contributed by atoms with Crippen molar-refractivity contribution in [1.29, 1.82) is 0 Å². The second-order valence-corrected chi connectivity index (χ2v) is 8.30. The summed E-state index contributed by atoms with van der Waals surface area (Å²) in [6, 6.07) is 6.33. The van der Waals surface area contributed by atoms with Crippen LogP contribution in [0.5, 0.6) is 0 Å². The first kappa shape index (κ1) is 23.8. The van der Waals surface area contributed by atoms with Gasteiger partial charge in [0.05, 0.1) is 32.6 Å². The summed E-state index contributed by atoms with van der Waals surface area (Å²) < 4.78 is 5.12. The predicted molar refractivity (Wildman–Crippen MR) is 113 cm³/mol. The molecule has 1 aromatic carbocycles. The second kappa shape index (κ2) is 10.2. The van der Waals surface area contributed by atoms with Gasteiger partial charge in [-0.3, -0.25) is 39.1 Å². The van der Waals surface area contributed by atoms with Gasteiger partial charge in [0.1, 0.15) is 0 Å². The molecule has 1 N–H and O–H groups in total. The molecule has 10 nitrogen and oxygen atoms in total. The van der Waals surface area contributed by atoms with E-state index in [4.69, 9.17) is 16.3 Å². The van der Waals surface area contributed by atoms with Gasteiger partial charge in [-0.05, 0) is 25.5 Å². The average Bonchev–Trinajstić information content (AvgIpc) is 2.73. The topological polar surface area (TPSA) is 116 Å². The monoisotopic (exact) mass is 464 g/mol. The molecule has 11 heteroatoms. The number of nitrogens with one attached hydrogen (secondary N) is 1. The van der Waals surface area contributed by atoms with Crippen LogP contribution < -0.4 is 5.32 Å². The summed E-state index contributed by atoms with van der Waals surface area (Å²) >= 11 is 6.03. The standard InChI is InChI=1S/C21H25ClN4O6/c1-13(24-8-17(27)23-18(28)9-24)14(2)25-10-19(29)26(20(30)11-25)12-32-21(31)7-15-5-3-4-6-16(15)22/h3-6,13-14H,7-12H2,1-2H3,(H,23,27,28). The minimum absolute atomic E-state index is 0.0483. The molecule has 1 aromatic rings. The van der Waals surface area contributed by atoms with E-state index in [0.29, 0.717) is 10.6 Å². The fourth-order valence-corrected chi connectivity index (χ4v) is 3.89. The van der Waals surface area contributed by atoms with Crippen molar-refractivity contribution in [2.45, 2.75) is 32.4 Å². The van der Waals surface area contributed by atoms with Crippen LogP contribution in [0.3, 0.4) is 0 Å². The highest BCUT2D eigenvalue weighted by molar-refractivity contribution is 6.31. The Balaban J connectivity index is 1.53. The summed E-state index contributed by atoms with van der Waals surface area (Å²) in [4.78, 5) is 64.8. The average molecular weight is 465 g/mol. The van der Waals surface area contributed by atoms with E-state index < -0.39 is 24.5 Å². The van der Waals surface area contributed by atoms with Gasteiger partial charge in [0.25, 0.3) is 0 Å². The zero-order chi connectivity index (χ0) is 23.4. The maximum atomic E-state index is 12.6. The van der Waals surface area contributed by atoms with Gasteiger partial charge in [0, 0.05) is 17.1 Å². The summed E-state index contributed by atoms with van der Waals surface area (Å²) in [7, 11) is 0. The Morgan fingerprint density at radius 1 is 0.969 bits per heavy atom. The minimum Gasteiger partial charge on any atom is -0.443 e. The molecule has 0 spiro atoms. The lowest BCUT2D eigenvalue weighted by Crippen LogP contribution is -2.62. The summed E-state index contributed by atoms with van der Waals surface area (Å²) in [6.07, 6.45) is -0.0707. The van der Waals surface area contributed by atoms with Gasteiger partial charge in [-0.1, -0.05) is 29.8 Å². The first-order valence-electron chi connectivity index (χ1n) is 10.2. The Hall–Kier alpha value is -2.82. The van der Waals surface area contributed by atoms with E-state index in [1.807, 2.05) is 13.8 Å². The maximum absolute atomic E-state index is 12.6. The van der Waals surface area contributed by atoms with Crippen molar-refractivity contribution in [1.82, 2.24) is 20.0 Å². The number of hydrogen-bond acceptors (Lipinski definition) is 8. The number of hydrogen-bond donors (Lipinski definition) is 1. The molecule has 2 heterocycles. The Kier molecular flexibility index (Phi) is 7.60. The molecule has 2 aliphatic rings. The fraction of sp³-hybridized carbons (Fsp3) is 0.476. The first-order chi connectivity index (χ1) is 15.2. The van der Waals surface area contributed by atoms with Crippen LogP contribution in [0.25, 0.3) is 0 Å². The van der Waals surface area contributed by atoms with E-state index in [9.17, 15) is 24.0 Å². The highest BCUT2D eigenvalue weighted by Gasteiger charge is 2.38. The number of imide groups is 2. The zero-order valence-corrected chi connectivity index (χ0v) is 18.6. The molecule has 32 heavy (non-hydrogen) atoms. The van der Waals surface area contributed by atoms with Gasteiger partial charge in [-0.25, -0.2) is 4.90 Å². The maximum Gasteiger partial charge on any atom is 0.312 e. The van der Waals surface area contributed by atoms with Crippen LogP contribution in [0.15, 0.2) is 24.3 Å². The van der Waals surface area contributed by atoms with Gasteiger partial charge in [-0.2, -0.15) is 0 Å². The number of nitrogens with zero attached hydrogens (tertiary/aromatic N) is 3. The van der Waals surface area contributed by atoms with Gasteiger partial charge >= 0.3 is 5.97 Å². The van der Waals surface area contributed by atoms with Crippen molar-refractivity contribution in [3.8, 4) is 0 Å². The number of amides is 4. The molecule has 2 unspecified atom stereocenters. The van der Waals surface area contributed by atoms with Crippen molar-refractivity contribution in [2.24, 2.45) is 0 Å². The number of piperazine rings is 2. The molecular weight excluding hydrogens is 440 g/mol. The zero-order valence-electron chi connectivity index (χ0n) is 17.9. The molecule has 2 saturated heterocycles. The van der Waals surface area contributed by atoms with Crippen LogP contribution >= 0.6 is 11.6 Å². The number of benzene rings is 1. The molecule has 0 bridgehead atoms. The van der Waals surface area contributed by atoms with Crippen molar-refractivity contribution in [2.75, 3.05) is 32.9 Å². The summed E-state index contributed by atoms with van der Waals surface area (Å²) in [6.45, 7) is 3.26. The van der Waals surface area contributed by atoms with Crippen molar-refractivity contribution >= 4 is 41.2 Å². The Morgan fingerprint density at radius 3 is 2.06 bits per heavy atom. The second-order valence-electron chi connectivity index (χ2n) is 7.89. The lowest BCUT2D eigenvalue weighted by molar-refractivity contribution is -0.164. The molecule has 4 amide bonds. The molecule has 0 saturated carbocycles. The number of esters is 1. The molecular formula is C21H25ClN4O6. The summed E-state index contributed by atoms with van der Waals surface area (Å²) in [5.41, 5.74) is 0.592. The van der Waals surface area contributed by atoms with E-state index in [1.54, 1.807) is 34.1 Å². The normalized spacial score (nSPS) is 20.2. The minimum atomic E-state index is -0.601. The number of halogens is 1. The Morgan fingerprint density at radius 2 is 1.50 bits per heavy atom. The van der Waals surface area contributed by atoms with Gasteiger partial charge in [0.2, 0.25) is 23.6 Å². The first-order valence-corrected chi connectivity index (χ1v) is 10.6. The molecule has 172 valence electrons. The van der Waals surface area contributed by atoms with Crippen LogP contribution in [-0.4, -0.2) is 89.3 Å². The van der Waals surface area contributed by atoms with E-state index >= 15 is 0 Å². The molecule has 0 radical (unpaired) electrons. The molecule has 2 atom stereocenters. The van der Waals surface area contributed by atoms with E-state index in [2.05, 4.69) is 5.32 Å². The molecule has 3 rings (SSSR count). The Bertz CT molecular complexity index is 905. The van der Waals surface area contributed by atoms with Crippen molar-refractivity contribution in [3.05, 3.63) is 34.9 Å². The lowest BCUT2D eigenvalue weighted by atomic mass is 10.1. The van der Waals surface area contributed by atoms with Crippen LogP contribution in [-0.2, 0) is 35.1 Å². The third kappa shape index (κ3) is 5.70. The van der Waals surface area contributed by atoms with E-state index in [0.717, 1.165) is 4.90 Å². The lowest BCUT2D eigenvalue weighted by Gasteiger charge is -2.41. The highest BCUT2D eigenvalue weighted by Crippen LogP contribution is 2.18. The largest absolute Gasteiger partial charge is 0.443 e. The van der Waals surface area contributed by atoms with Crippen molar-refractivity contribution < 1.29 is 28.7 Å². The van der Waals surface area contributed by atoms with Crippen LogP contribution in [0.4, 0.5) is 0 Å². The highest BCUT2D eigenvalue weighted by atomic mass is 35.5. The summed E-state index contributed by atoms with van der Waals surface area (Å²) in [5.74, 6) is -2.33.